The molecule has 0 atom stereocenters. The number of methoxy groups -OCH3 is 1. The molecule has 0 amide bonds. The molecule has 20 heavy (non-hydrogen) atoms. The summed E-state index contributed by atoms with van der Waals surface area (Å²) in [4.78, 5) is 11.6. The Bertz CT molecular complexity index is 526. The highest BCUT2D eigenvalue weighted by Gasteiger charge is 2.52. The Morgan fingerprint density at radius 2 is 1.75 bits per heavy atom. The summed E-state index contributed by atoms with van der Waals surface area (Å²) in [5.41, 5.74) is 0.420. The second-order valence-corrected chi connectivity index (χ2v) is 6.67. The topological polar surface area (TPSA) is 44.8 Å². The molecule has 1 fully saturated rings. The minimum atomic E-state index is -0.515. The van der Waals surface area contributed by atoms with Gasteiger partial charge in [0.1, 0.15) is 0 Å². The summed E-state index contributed by atoms with van der Waals surface area (Å²) in [5.74, 6) is -0.379. The molecule has 0 saturated carbocycles. The maximum Gasteiger partial charge on any atom is 0.496 e. The molecule has 1 aliphatic heterocycles. The molecule has 1 aliphatic rings. The van der Waals surface area contributed by atoms with Gasteiger partial charge in [0.15, 0.2) is 0 Å². The molecule has 6 heteroatoms. The lowest BCUT2D eigenvalue weighted by Crippen LogP contribution is -2.41. The zero-order valence-electron chi connectivity index (χ0n) is 12.3. The second kappa shape index (κ2) is 5.17. The normalized spacial score (nSPS) is 20.0. The van der Waals surface area contributed by atoms with Gasteiger partial charge in [0.2, 0.25) is 0 Å². The van der Waals surface area contributed by atoms with Gasteiger partial charge in [0.05, 0.1) is 23.9 Å². The Kier molecular flexibility index (Phi) is 4.02. The Morgan fingerprint density at radius 1 is 1.20 bits per heavy atom. The van der Waals surface area contributed by atoms with Gasteiger partial charge in [-0.05, 0) is 51.4 Å². The molecular formula is C14H18BBrO4. The van der Waals surface area contributed by atoms with Crippen LogP contribution in [0.2, 0.25) is 0 Å². The summed E-state index contributed by atoms with van der Waals surface area (Å²) in [5, 5.41) is 0. The number of hydrogen-bond acceptors (Lipinski definition) is 4. The SMILES string of the molecule is COC(=O)c1ccc(Br)c(B2OC(C)(C)C(C)(C)O2)c1. The average Bonchev–Trinajstić information content (AvgIpc) is 2.58. The zero-order chi connectivity index (χ0) is 15.1. The molecule has 0 aromatic heterocycles. The molecule has 2 rings (SSSR count). The zero-order valence-corrected chi connectivity index (χ0v) is 13.9. The quantitative estimate of drug-likeness (QED) is 0.613. The number of ether oxygens (including phenoxy) is 1. The van der Waals surface area contributed by atoms with E-state index in [9.17, 15) is 4.79 Å². The molecule has 0 N–H and O–H groups in total. The van der Waals surface area contributed by atoms with Gasteiger partial charge in [0, 0.05) is 4.47 Å². The fraction of sp³-hybridized carbons (Fsp3) is 0.500. The van der Waals surface area contributed by atoms with Crippen LogP contribution in [0.1, 0.15) is 38.1 Å². The number of rotatable bonds is 2. The van der Waals surface area contributed by atoms with Crippen LogP contribution in [0.15, 0.2) is 22.7 Å². The van der Waals surface area contributed by atoms with Crippen molar-refractivity contribution in [3.8, 4) is 0 Å². The van der Waals surface area contributed by atoms with Crippen LogP contribution in [0.25, 0.3) is 0 Å². The Hall–Kier alpha value is -0.845. The lowest BCUT2D eigenvalue weighted by atomic mass is 9.78. The first-order chi connectivity index (χ1) is 9.18. The van der Waals surface area contributed by atoms with Crippen LogP contribution < -0.4 is 5.46 Å². The lowest BCUT2D eigenvalue weighted by molar-refractivity contribution is 0.00578. The number of carbonyl (C=O) groups is 1. The molecular weight excluding hydrogens is 323 g/mol. The van der Waals surface area contributed by atoms with E-state index in [-0.39, 0.29) is 5.97 Å². The van der Waals surface area contributed by atoms with E-state index in [1.807, 2.05) is 27.7 Å². The van der Waals surface area contributed by atoms with E-state index >= 15 is 0 Å². The number of benzene rings is 1. The van der Waals surface area contributed by atoms with Crippen LogP contribution in [0, 0.1) is 0 Å². The lowest BCUT2D eigenvalue weighted by Gasteiger charge is -2.32. The van der Waals surface area contributed by atoms with E-state index in [2.05, 4.69) is 15.9 Å². The molecule has 0 bridgehead atoms. The summed E-state index contributed by atoms with van der Waals surface area (Å²) >= 11 is 3.47. The maximum atomic E-state index is 11.6. The van der Waals surface area contributed by atoms with Crippen LogP contribution in [-0.2, 0) is 14.0 Å². The van der Waals surface area contributed by atoms with Crippen molar-refractivity contribution in [2.75, 3.05) is 7.11 Å². The van der Waals surface area contributed by atoms with Crippen LogP contribution in [0.3, 0.4) is 0 Å². The molecule has 0 unspecified atom stereocenters. The monoisotopic (exact) mass is 340 g/mol. The van der Waals surface area contributed by atoms with Crippen molar-refractivity contribution in [3.63, 3.8) is 0 Å². The summed E-state index contributed by atoms with van der Waals surface area (Å²) in [7, 11) is 0.845. The second-order valence-electron chi connectivity index (χ2n) is 5.82. The predicted octanol–water partition coefficient (Wildman–Crippen LogP) is 2.53. The van der Waals surface area contributed by atoms with Crippen molar-refractivity contribution >= 4 is 34.5 Å². The van der Waals surface area contributed by atoms with Gasteiger partial charge in [0.25, 0.3) is 0 Å². The molecule has 1 saturated heterocycles. The predicted molar refractivity (Wildman–Crippen MR) is 81.2 cm³/mol. The van der Waals surface area contributed by atoms with Gasteiger partial charge in [-0.2, -0.15) is 0 Å². The highest BCUT2D eigenvalue weighted by atomic mass is 79.9. The van der Waals surface area contributed by atoms with Crippen LogP contribution in [0.4, 0.5) is 0 Å². The summed E-state index contributed by atoms with van der Waals surface area (Å²) in [6.45, 7) is 7.96. The Labute approximate surface area is 128 Å². The number of esters is 1. The van der Waals surface area contributed by atoms with Crippen molar-refractivity contribution in [1.29, 1.82) is 0 Å². The fourth-order valence-electron chi connectivity index (χ4n) is 1.94. The number of hydrogen-bond donors (Lipinski definition) is 0. The summed E-state index contributed by atoms with van der Waals surface area (Å²) in [6, 6.07) is 5.23. The van der Waals surface area contributed by atoms with E-state index in [0.29, 0.717) is 5.56 Å². The van der Waals surface area contributed by atoms with E-state index in [4.69, 9.17) is 14.0 Å². The van der Waals surface area contributed by atoms with Crippen LogP contribution in [-0.4, -0.2) is 31.4 Å². The van der Waals surface area contributed by atoms with Crippen molar-refractivity contribution < 1.29 is 18.8 Å². The van der Waals surface area contributed by atoms with Gasteiger partial charge in [-0.25, -0.2) is 4.79 Å². The molecule has 0 spiro atoms. The minimum absolute atomic E-state index is 0.379. The minimum Gasteiger partial charge on any atom is -0.465 e. The van der Waals surface area contributed by atoms with Gasteiger partial charge >= 0.3 is 13.1 Å². The highest BCUT2D eigenvalue weighted by molar-refractivity contribution is 9.10. The third-order valence-electron chi connectivity index (χ3n) is 3.92. The molecule has 0 radical (unpaired) electrons. The molecule has 1 heterocycles. The molecule has 1 aromatic carbocycles. The third kappa shape index (κ3) is 2.64. The first-order valence-electron chi connectivity index (χ1n) is 6.41. The molecule has 108 valence electrons. The largest absolute Gasteiger partial charge is 0.496 e. The van der Waals surface area contributed by atoms with Crippen molar-refractivity contribution in [2.45, 2.75) is 38.9 Å². The molecule has 1 aromatic rings. The molecule has 0 aliphatic carbocycles. The summed E-state index contributed by atoms with van der Waals surface area (Å²) in [6.07, 6.45) is 0. The molecule has 4 nitrogen and oxygen atoms in total. The summed E-state index contributed by atoms with van der Waals surface area (Å²) < 4.78 is 17.6. The van der Waals surface area contributed by atoms with E-state index in [0.717, 1.165) is 9.94 Å². The smallest absolute Gasteiger partial charge is 0.465 e. The van der Waals surface area contributed by atoms with Gasteiger partial charge in [-0.3, -0.25) is 0 Å². The number of halogens is 1. The maximum absolute atomic E-state index is 11.6. The van der Waals surface area contributed by atoms with Crippen LogP contribution >= 0.6 is 15.9 Å². The van der Waals surface area contributed by atoms with Crippen LogP contribution in [0.5, 0.6) is 0 Å². The Morgan fingerprint density at radius 3 is 2.25 bits per heavy atom. The third-order valence-corrected chi connectivity index (χ3v) is 4.65. The van der Waals surface area contributed by atoms with E-state index < -0.39 is 18.3 Å². The fourth-order valence-corrected chi connectivity index (χ4v) is 2.37. The van der Waals surface area contributed by atoms with Gasteiger partial charge in [-0.15, -0.1) is 0 Å². The van der Waals surface area contributed by atoms with E-state index in [1.54, 1.807) is 18.2 Å². The van der Waals surface area contributed by atoms with Gasteiger partial charge in [-0.1, -0.05) is 15.9 Å². The first-order valence-corrected chi connectivity index (χ1v) is 7.20. The highest BCUT2D eigenvalue weighted by Crippen LogP contribution is 2.37. The first kappa shape index (κ1) is 15.5. The van der Waals surface area contributed by atoms with E-state index in [1.165, 1.54) is 7.11 Å². The Balaban J connectivity index is 2.37. The standard InChI is InChI=1S/C14H18BBrO4/c1-13(2)14(3,4)20-15(19-13)10-8-9(12(17)18-5)6-7-11(10)16/h6-8H,1-5H3. The van der Waals surface area contributed by atoms with Gasteiger partial charge < -0.3 is 14.0 Å². The average molecular weight is 341 g/mol. The van der Waals surface area contributed by atoms with Crippen molar-refractivity contribution in [1.82, 2.24) is 0 Å². The van der Waals surface area contributed by atoms with Crippen molar-refractivity contribution in [3.05, 3.63) is 28.2 Å². The number of carbonyl (C=O) groups excluding carboxylic acids is 1. The van der Waals surface area contributed by atoms with Crippen molar-refractivity contribution in [2.24, 2.45) is 0 Å².